The van der Waals surface area contributed by atoms with Gasteiger partial charge in [0.25, 0.3) is 0 Å². The molecule has 1 N–H and O–H groups in total. The number of ether oxygens (including phenoxy) is 1. The summed E-state index contributed by atoms with van der Waals surface area (Å²) in [6, 6.07) is 7.80. The summed E-state index contributed by atoms with van der Waals surface area (Å²) in [4.78, 5) is 27.1. The van der Waals surface area contributed by atoms with Gasteiger partial charge in [0.1, 0.15) is 6.61 Å². The summed E-state index contributed by atoms with van der Waals surface area (Å²) < 4.78 is 5.01. The first kappa shape index (κ1) is 18.2. The first-order valence-corrected chi connectivity index (χ1v) is 9.96. The summed E-state index contributed by atoms with van der Waals surface area (Å²) in [5, 5.41) is 3.76. The van der Waals surface area contributed by atoms with Gasteiger partial charge in [0.2, 0.25) is 0 Å². The molecule has 0 bridgehead atoms. The van der Waals surface area contributed by atoms with Gasteiger partial charge >= 0.3 is 12.1 Å². The number of nitrogens with one attached hydrogen (secondary N) is 1. The van der Waals surface area contributed by atoms with E-state index in [0.29, 0.717) is 32.8 Å². The highest BCUT2D eigenvalue weighted by Gasteiger charge is 2.38. The van der Waals surface area contributed by atoms with Crippen molar-refractivity contribution < 1.29 is 14.3 Å². The number of hydrogen-bond donors (Lipinski definition) is 1. The quantitative estimate of drug-likeness (QED) is 0.767. The molecular formula is C17H22ClN3O3S. The maximum absolute atomic E-state index is 12.2. The molecule has 6 nitrogen and oxygen atoms in total. The normalized spacial score (nSPS) is 19.6. The number of hydrogen-bond acceptors (Lipinski definition) is 4. The van der Waals surface area contributed by atoms with Crippen LogP contribution in [0.25, 0.3) is 0 Å². The Labute approximate surface area is 156 Å². The van der Waals surface area contributed by atoms with E-state index in [2.05, 4.69) is 5.32 Å². The molecule has 3 amide bonds. The Morgan fingerprint density at radius 3 is 3.04 bits per heavy atom. The molecule has 1 aromatic carbocycles. The van der Waals surface area contributed by atoms with Gasteiger partial charge in [0, 0.05) is 37.0 Å². The molecule has 136 valence electrons. The molecule has 0 aromatic heterocycles. The second kappa shape index (κ2) is 8.67. The zero-order chi connectivity index (χ0) is 17.6. The van der Waals surface area contributed by atoms with Gasteiger partial charge in [-0.25, -0.2) is 9.59 Å². The van der Waals surface area contributed by atoms with Crippen molar-refractivity contribution in [3.63, 3.8) is 0 Å². The number of amides is 3. The molecule has 0 radical (unpaired) electrons. The Hall–Kier alpha value is -1.60. The maximum atomic E-state index is 12.2. The zero-order valence-corrected chi connectivity index (χ0v) is 15.5. The molecule has 1 aromatic rings. The van der Waals surface area contributed by atoms with Gasteiger partial charge in [-0.3, -0.25) is 4.90 Å². The van der Waals surface area contributed by atoms with E-state index in [4.69, 9.17) is 16.3 Å². The lowest BCUT2D eigenvalue weighted by atomic mass is 10.2. The Morgan fingerprint density at radius 1 is 1.36 bits per heavy atom. The van der Waals surface area contributed by atoms with Crippen LogP contribution >= 0.6 is 23.4 Å². The van der Waals surface area contributed by atoms with Gasteiger partial charge in [-0.05, 0) is 23.8 Å². The highest BCUT2D eigenvalue weighted by atomic mass is 35.5. The average Bonchev–Trinajstić information content (AvgIpc) is 2.99. The maximum Gasteiger partial charge on any atom is 0.410 e. The second-order valence-electron chi connectivity index (χ2n) is 6.10. The molecule has 0 aliphatic carbocycles. The van der Waals surface area contributed by atoms with Gasteiger partial charge in [-0.1, -0.05) is 29.8 Å². The number of rotatable bonds is 6. The van der Waals surface area contributed by atoms with Crippen LogP contribution in [0.2, 0.25) is 5.02 Å². The van der Waals surface area contributed by atoms with Crippen molar-refractivity contribution in [3.8, 4) is 0 Å². The molecular weight excluding hydrogens is 362 g/mol. The van der Waals surface area contributed by atoms with Crippen LogP contribution < -0.4 is 5.32 Å². The summed E-state index contributed by atoms with van der Waals surface area (Å²) in [6.07, 6.45) is 0.645. The molecule has 1 atom stereocenters. The van der Waals surface area contributed by atoms with E-state index in [1.807, 2.05) is 36.0 Å². The van der Waals surface area contributed by atoms with Crippen LogP contribution in [0.1, 0.15) is 12.0 Å². The van der Waals surface area contributed by atoms with Gasteiger partial charge in [0.05, 0.1) is 6.04 Å². The smallest absolute Gasteiger partial charge is 0.410 e. The zero-order valence-electron chi connectivity index (χ0n) is 13.9. The van der Waals surface area contributed by atoms with Crippen LogP contribution in [0.4, 0.5) is 9.59 Å². The van der Waals surface area contributed by atoms with Crippen molar-refractivity contribution in [1.29, 1.82) is 0 Å². The molecule has 25 heavy (non-hydrogen) atoms. The van der Waals surface area contributed by atoms with Gasteiger partial charge in [-0.2, -0.15) is 11.8 Å². The molecule has 2 aliphatic rings. The molecule has 8 heteroatoms. The lowest BCUT2D eigenvalue weighted by Crippen LogP contribution is -2.56. The van der Waals surface area contributed by atoms with Crippen LogP contribution in [-0.4, -0.2) is 66.5 Å². The molecule has 2 fully saturated rings. The molecule has 3 rings (SSSR count). The predicted octanol–water partition coefficient (Wildman–Crippen LogP) is 2.81. The van der Waals surface area contributed by atoms with Gasteiger partial charge in [0.15, 0.2) is 0 Å². The number of benzene rings is 1. The molecule has 0 spiro atoms. The predicted molar refractivity (Wildman–Crippen MR) is 99.0 cm³/mol. The number of fused-ring (bicyclic) bond motifs is 1. The minimum Gasteiger partial charge on any atom is -0.447 e. The second-order valence-corrected chi connectivity index (χ2v) is 7.61. The lowest BCUT2D eigenvalue weighted by molar-refractivity contribution is 0.127. The van der Waals surface area contributed by atoms with Crippen molar-refractivity contribution >= 4 is 35.5 Å². The summed E-state index contributed by atoms with van der Waals surface area (Å²) in [7, 11) is 0. The van der Waals surface area contributed by atoms with Crippen LogP contribution in [0.15, 0.2) is 24.3 Å². The van der Waals surface area contributed by atoms with E-state index in [-0.39, 0.29) is 18.2 Å². The monoisotopic (exact) mass is 383 g/mol. The first-order valence-electron chi connectivity index (χ1n) is 8.42. The summed E-state index contributed by atoms with van der Waals surface area (Å²) in [5.74, 6) is 1.84. The average molecular weight is 384 g/mol. The molecule has 2 aliphatic heterocycles. The number of urea groups is 1. The van der Waals surface area contributed by atoms with Crippen molar-refractivity contribution in [2.45, 2.75) is 18.2 Å². The van der Waals surface area contributed by atoms with Crippen molar-refractivity contribution in [2.75, 3.05) is 38.5 Å². The summed E-state index contributed by atoms with van der Waals surface area (Å²) in [6.45, 7) is 2.66. The number of nitrogens with zero attached hydrogens (tertiary/aromatic N) is 2. The standard InChI is InChI=1S/C17H22ClN3O3S/c18-15-5-2-1-4-13(15)12-25-9-3-6-19-16(22)20-7-8-21-14(10-20)11-24-17(21)23/h1-2,4-5,14H,3,6-12H2,(H,19,22)/t14-/m1/s1. The number of thioether (sulfide) groups is 1. The van der Waals surface area contributed by atoms with Crippen molar-refractivity contribution in [1.82, 2.24) is 15.1 Å². The van der Waals surface area contributed by atoms with E-state index in [0.717, 1.165) is 28.5 Å². The SMILES string of the molecule is O=C(NCCCSCc1ccccc1Cl)N1CCN2C(=O)OC[C@H]2C1. The fraction of sp³-hybridized carbons (Fsp3) is 0.529. The van der Waals surface area contributed by atoms with Crippen molar-refractivity contribution in [3.05, 3.63) is 34.9 Å². The molecule has 2 heterocycles. The Balaban J connectivity index is 1.29. The summed E-state index contributed by atoms with van der Waals surface area (Å²) in [5.41, 5.74) is 1.14. The van der Waals surface area contributed by atoms with Crippen LogP contribution in [-0.2, 0) is 10.5 Å². The molecule has 2 saturated heterocycles. The largest absolute Gasteiger partial charge is 0.447 e. The lowest BCUT2D eigenvalue weighted by Gasteiger charge is -2.35. The van der Waals surface area contributed by atoms with Crippen molar-refractivity contribution in [2.24, 2.45) is 0 Å². The van der Waals surface area contributed by atoms with Gasteiger partial charge in [-0.15, -0.1) is 0 Å². The highest BCUT2D eigenvalue weighted by molar-refractivity contribution is 7.98. The van der Waals surface area contributed by atoms with E-state index >= 15 is 0 Å². The Morgan fingerprint density at radius 2 is 2.20 bits per heavy atom. The minimum absolute atomic E-state index is 0.00169. The number of halogens is 1. The van der Waals surface area contributed by atoms with E-state index in [1.54, 1.807) is 9.80 Å². The third-order valence-electron chi connectivity index (χ3n) is 4.36. The molecule has 0 saturated carbocycles. The van der Waals surface area contributed by atoms with Crippen LogP contribution in [0, 0.1) is 0 Å². The minimum atomic E-state index is -0.263. The first-order chi connectivity index (χ1) is 12.1. The number of cyclic esters (lactones) is 1. The number of carbonyl (C=O) groups is 2. The van der Waals surface area contributed by atoms with E-state index in [1.165, 1.54) is 0 Å². The highest BCUT2D eigenvalue weighted by Crippen LogP contribution is 2.21. The topological polar surface area (TPSA) is 61.9 Å². The fourth-order valence-corrected chi connectivity index (χ4v) is 4.20. The third kappa shape index (κ3) is 4.73. The van der Waals surface area contributed by atoms with Crippen LogP contribution in [0.3, 0.4) is 0 Å². The fourth-order valence-electron chi connectivity index (χ4n) is 2.95. The summed E-state index contributed by atoms with van der Waals surface area (Å²) >= 11 is 7.94. The van der Waals surface area contributed by atoms with Gasteiger partial charge < -0.3 is 15.0 Å². The molecule has 0 unspecified atom stereocenters. The number of carbonyl (C=O) groups excluding carboxylic acids is 2. The Kier molecular flexibility index (Phi) is 6.31. The Bertz CT molecular complexity index is 631. The van der Waals surface area contributed by atoms with E-state index in [9.17, 15) is 9.59 Å². The third-order valence-corrected chi connectivity index (χ3v) is 5.82. The number of piperazine rings is 1. The van der Waals surface area contributed by atoms with Crippen LogP contribution in [0.5, 0.6) is 0 Å². The van der Waals surface area contributed by atoms with E-state index < -0.39 is 0 Å².